The van der Waals surface area contributed by atoms with Gasteiger partial charge in [0, 0.05) is 11.3 Å². The maximum absolute atomic E-state index is 14.0. The topological polar surface area (TPSA) is 76.1 Å². The fourth-order valence-electron chi connectivity index (χ4n) is 6.77. The van der Waals surface area contributed by atoms with Gasteiger partial charge in [-0.05, 0) is 74.0 Å². The number of carbonyl (C=O) groups excluding carboxylic acids is 1. The van der Waals surface area contributed by atoms with Gasteiger partial charge in [0.15, 0.2) is 5.78 Å². The van der Waals surface area contributed by atoms with Crippen molar-refractivity contribution in [3.63, 3.8) is 0 Å². The van der Waals surface area contributed by atoms with E-state index in [-0.39, 0.29) is 16.6 Å². The summed E-state index contributed by atoms with van der Waals surface area (Å²) in [5.41, 5.74) is 7.59. The first-order chi connectivity index (χ1) is 13.5. The van der Waals surface area contributed by atoms with Gasteiger partial charge in [-0.2, -0.15) is 5.26 Å². The molecule has 4 aliphatic carbocycles. The van der Waals surface area contributed by atoms with Crippen molar-refractivity contribution in [2.45, 2.75) is 49.7 Å². The number of nitriles is 1. The molecule has 4 fully saturated rings. The minimum Gasteiger partial charge on any atom is -0.497 e. The molecule has 0 aromatic heterocycles. The van der Waals surface area contributed by atoms with E-state index >= 15 is 0 Å². The molecule has 1 aromatic carbocycles. The SMILES string of the molecule is COc1ccc([C@@H]2C(C#N)=C(N)S[C@H]2C(=O)C23CC4CC(CC(C4)C2)C3)cc1. The van der Waals surface area contributed by atoms with E-state index in [0.717, 1.165) is 48.3 Å². The minimum atomic E-state index is -0.278. The molecule has 0 spiro atoms. The molecule has 4 saturated carbocycles. The number of allylic oxidation sites excluding steroid dienone is 1. The van der Waals surface area contributed by atoms with E-state index in [1.54, 1.807) is 7.11 Å². The number of ketones is 1. The van der Waals surface area contributed by atoms with Gasteiger partial charge in [-0.3, -0.25) is 4.79 Å². The van der Waals surface area contributed by atoms with Gasteiger partial charge in [0.25, 0.3) is 0 Å². The highest BCUT2D eigenvalue weighted by Gasteiger charge is 2.57. The van der Waals surface area contributed by atoms with Crippen LogP contribution in [-0.2, 0) is 4.79 Å². The molecule has 2 atom stereocenters. The van der Waals surface area contributed by atoms with Crippen LogP contribution in [0.5, 0.6) is 5.75 Å². The van der Waals surface area contributed by atoms with Crippen molar-refractivity contribution in [1.82, 2.24) is 0 Å². The summed E-state index contributed by atoms with van der Waals surface area (Å²) in [4.78, 5) is 14.0. The van der Waals surface area contributed by atoms with Gasteiger partial charge in [-0.1, -0.05) is 23.9 Å². The van der Waals surface area contributed by atoms with Gasteiger partial charge in [-0.25, -0.2) is 0 Å². The third-order valence-corrected chi connectivity index (χ3v) is 8.76. The highest BCUT2D eigenvalue weighted by molar-refractivity contribution is 8.04. The maximum atomic E-state index is 14.0. The average molecular weight is 395 g/mol. The molecule has 4 bridgehead atoms. The number of nitrogens with two attached hydrogens (primary N) is 1. The lowest BCUT2D eigenvalue weighted by atomic mass is 9.48. The summed E-state index contributed by atoms with van der Waals surface area (Å²) in [5, 5.41) is 10.0. The van der Waals surface area contributed by atoms with E-state index in [0.29, 0.717) is 16.4 Å². The van der Waals surface area contributed by atoms with E-state index in [9.17, 15) is 10.1 Å². The molecule has 28 heavy (non-hydrogen) atoms. The normalized spacial score (nSPS) is 38.5. The highest BCUT2D eigenvalue weighted by Crippen LogP contribution is 2.62. The molecule has 0 saturated heterocycles. The summed E-state index contributed by atoms with van der Waals surface area (Å²) in [6.45, 7) is 0. The zero-order valence-corrected chi connectivity index (χ0v) is 17.0. The Balaban J connectivity index is 1.49. The Morgan fingerprint density at radius 3 is 2.21 bits per heavy atom. The predicted octanol–water partition coefficient (Wildman–Crippen LogP) is 4.37. The monoisotopic (exact) mass is 394 g/mol. The van der Waals surface area contributed by atoms with E-state index < -0.39 is 0 Å². The quantitative estimate of drug-likeness (QED) is 0.820. The van der Waals surface area contributed by atoms with Crippen LogP contribution in [0.4, 0.5) is 0 Å². The summed E-state index contributed by atoms with van der Waals surface area (Å²) in [7, 11) is 1.64. The van der Waals surface area contributed by atoms with Crippen LogP contribution >= 0.6 is 11.8 Å². The Labute approximate surface area is 170 Å². The molecule has 0 amide bonds. The van der Waals surface area contributed by atoms with Crippen LogP contribution in [0.3, 0.4) is 0 Å². The number of hydrogen-bond acceptors (Lipinski definition) is 5. The number of benzene rings is 1. The van der Waals surface area contributed by atoms with Crippen LogP contribution in [0.25, 0.3) is 0 Å². The maximum Gasteiger partial charge on any atom is 0.153 e. The summed E-state index contributed by atoms with van der Waals surface area (Å²) >= 11 is 1.42. The van der Waals surface area contributed by atoms with Gasteiger partial charge < -0.3 is 10.5 Å². The van der Waals surface area contributed by atoms with Crippen LogP contribution in [0.1, 0.15) is 50.0 Å². The number of carbonyl (C=O) groups is 1. The van der Waals surface area contributed by atoms with Crippen molar-refractivity contribution < 1.29 is 9.53 Å². The number of rotatable bonds is 4. The molecule has 1 aromatic rings. The van der Waals surface area contributed by atoms with Crippen molar-refractivity contribution in [2.24, 2.45) is 28.9 Å². The second-order valence-electron chi connectivity index (χ2n) is 9.24. The number of Topliss-reactive ketones (excluding diaryl/α,β-unsaturated/α-hetero) is 1. The van der Waals surface area contributed by atoms with Crippen molar-refractivity contribution in [2.75, 3.05) is 7.11 Å². The highest BCUT2D eigenvalue weighted by atomic mass is 32.2. The predicted molar refractivity (Wildman–Crippen MR) is 110 cm³/mol. The number of methoxy groups -OCH3 is 1. The summed E-state index contributed by atoms with van der Waals surface area (Å²) in [6, 6.07) is 10.0. The van der Waals surface area contributed by atoms with E-state index in [1.165, 1.54) is 31.0 Å². The number of nitrogens with zero attached hydrogens (tertiary/aromatic N) is 1. The lowest BCUT2D eigenvalue weighted by Gasteiger charge is -2.56. The molecule has 6 rings (SSSR count). The molecule has 4 nitrogen and oxygen atoms in total. The first-order valence-electron chi connectivity index (χ1n) is 10.3. The Morgan fingerprint density at radius 1 is 1.14 bits per heavy atom. The third kappa shape index (κ3) is 2.69. The average Bonchev–Trinajstić information content (AvgIpc) is 3.02. The summed E-state index contributed by atoms with van der Waals surface area (Å²) < 4.78 is 5.27. The number of hydrogen-bond donors (Lipinski definition) is 1. The molecule has 146 valence electrons. The van der Waals surface area contributed by atoms with Crippen LogP contribution in [-0.4, -0.2) is 18.1 Å². The molecule has 1 aliphatic heterocycles. The first-order valence-corrected chi connectivity index (χ1v) is 11.2. The molecule has 0 unspecified atom stereocenters. The zero-order valence-electron chi connectivity index (χ0n) is 16.2. The van der Waals surface area contributed by atoms with E-state index in [1.807, 2.05) is 24.3 Å². The van der Waals surface area contributed by atoms with Gasteiger partial charge in [0.2, 0.25) is 0 Å². The van der Waals surface area contributed by atoms with E-state index in [2.05, 4.69) is 6.07 Å². The van der Waals surface area contributed by atoms with Crippen LogP contribution in [0, 0.1) is 34.5 Å². The zero-order chi connectivity index (χ0) is 19.5. The summed E-state index contributed by atoms with van der Waals surface area (Å²) in [5.74, 6) is 3.05. The van der Waals surface area contributed by atoms with Crippen LogP contribution in [0.2, 0.25) is 0 Å². The van der Waals surface area contributed by atoms with Crippen LogP contribution in [0.15, 0.2) is 34.9 Å². The summed E-state index contributed by atoms with van der Waals surface area (Å²) in [6.07, 6.45) is 7.09. The molecule has 0 radical (unpaired) electrons. The Bertz CT molecular complexity index is 848. The smallest absolute Gasteiger partial charge is 0.153 e. The Hall–Kier alpha value is -1.93. The second-order valence-corrected chi connectivity index (χ2v) is 10.4. The van der Waals surface area contributed by atoms with Gasteiger partial charge >= 0.3 is 0 Å². The van der Waals surface area contributed by atoms with Gasteiger partial charge in [0.1, 0.15) is 5.75 Å². The molecular formula is C23H26N2O2S. The first kappa shape index (κ1) is 18.1. The largest absolute Gasteiger partial charge is 0.497 e. The second kappa shape index (κ2) is 6.56. The Morgan fingerprint density at radius 2 is 1.71 bits per heavy atom. The van der Waals surface area contributed by atoms with Crippen molar-refractivity contribution >= 4 is 17.5 Å². The van der Waals surface area contributed by atoms with Crippen LogP contribution < -0.4 is 10.5 Å². The number of ether oxygens (including phenoxy) is 1. The lowest BCUT2D eigenvalue weighted by Crippen LogP contribution is -2.52. The van der Waals surface area contributed by atoms with Crippen molar-refractivity contribution in [3.8, 4) is 11.8 Å². The lowest BCUT2D eigenvalue weighted by molar-refractivity contribution is -0.143. The molecule has 5 aliphatic rings. The van der Waals surface area contributed by atoms with Crippen molar-refractivity contribution in [3.05, 3.63) is 40.4 Å². The Kier molecular flexibility index (Phi) is 4.24. The van der Waals surface area contributed by atoms with Gasteiger partial charge in [0.05, 0.1) is 29.0 Å². The van der Waals surface area contributed by atoms with E-state index in [4.69, 9.17) is 10.5 Å². The third-order valence-electron chi connectivity index (χ3n) is 7.55. The number of thioether (sulfide) groups is 1. The molecule has 1 heterocycles. The van der Waals surface area contributed by atoms with Gasteiger partial charge in [-0.15, -0.1) is 0 Å². The molecule has 5 heteroatoms. The minimum absolute atomic E-state index is 0.178. The van der Waals surface area contributed by atoms with Crippen molar-refractivity contribution in [1.29, 1.82) is 5.26 Å². The molecular weight excluding hydrogens is 368 g/mol. The standard InChI is InChI=1S/C23H26N2O2S/c1-27-17-4-2-16(3-5-17)19-18(12-24)22(25)28-20(19)21(26)23-9-13-6-14(10-23)8-15(7-13)11-23/h2-5,13-15,19-20H,6-11,25H2,1H3/t13?,14?,15?,19-,20-,23?/m1/s1. The fraction of sp³-hybridized carbons (Fsp3) is 0.565. The molecule has 2 N–H and O–H groups in total. The fourth-order valence-corrected chi connectivity index (χ4v) is 8.13.